The minimum atomic E-state index is -2.92. The van der Waals surface area contributed by atoms with Crippen molar-refractivity contribution < 1.29 is 13.3 Å². The fourth-order valence-corrected chi connectivity index (χ4v) is 4.03. The molecular formula is C12H22N2O3Si. The number of rotatable bonds is 6. The zero-order chi connectivity index (χ0) is 13.8. The van der Waals surface area contributed by atoms with Gasteiger partial charge in [0.1, 0.15) is 0 Å². The lowest BCUT2D eigenvalue weighted by Gasteiger charge is -2.32. The molecule has 0 bridgehead atoms. The zero-order valence-corrected chi connectivity index (χ0v) is 12.4. The first-order chi connectivity index (χ1) is 8.47. The van der Waals surface area contributed by atoms with Crippen LogP contribution < -0.4 is 16.7 Å². The smallest absolute Gasteiger partial charge is 0.373 e. The van der Waals surface area contributed by atoms with E-state index >= 15 is 0 Å². The molecule has 0 amide bonds. The van der Waals surface area contributed by atoms with Crippen molar-refractivity contribution in [1.82, 2.24) is 0 Å². The molecule has 1 aromatic carbocycles. The molecule has 0 saturated heterocycles. The Kier molecular flexibility index (Phi) is 5.03. The number of hydrogen-bond donors (Lipinski definition) is 2. The van der Waals surface area contributed by atoms with Crippen molar-refractivity contribution in [3.8, 4) is 0 Å². The molecule has 0 aliphatic carbocycles. The highest BCUT2D eigenvalue weighted by Crippen LogP contribution is 2.18. The Morgan fingerprint density at radius 3 is 2.00 bits per heavy atom. The van der Waals surface area contributed by atoms with E-state index in [1.165, 1.54) is 0 Å². The lowest BCUT2D eigenvalue weighted by Crippen LogP contribution is -2.60. The molecule has 0 fully saturated rings. The Bertz CT molecular complexity index is 386. The van der Waals surface area contributed by atoms with Crippen LogP contribution in [0.5, 0.6) is 0 Å². The first-order valence-corrected chi connectivity index (χ1v) is 7.53. The summed E-state index contributed by atoms with van der Waals surface area (Å²) in [4.78, 5) is 0. The molecule has 0 atom stereocenters. The third kappa shape index (κ3) is 2.63. The van der Waals surface area contributed by atoms with Gasteiger partial charge in [-0.3, -0.25) is 0 Å². The predicted octanol–water partition coefficient (Wildman–Crippen LogP) is 0.252. The molecule has 0 heterocycles. The van der Waals surface area contributed by atoms with Gasteiger partial charge in [0, 0.05) is 26.5 Å². The summed E-state index contributed by atoms with van der Waals surface area (Å²) in [7, 11) is 1.77. The minimum absolute atomic E-state index is 0.603. The number of hydrogen-bond acceptors (Lipinski definition) is 5. The second-order valence-electron chi connectivity index (χ2n) is 4.11. The highest BCUT2D eigenvalue weighted by Gasteiger charge is 2.44. The maximum atomic E-state index is 6.13. The summed E-state index contributed by atoms with van der Waals surface area (Å²) < 4.78 is 16.5. The monoisotopic (exact) mass is 270 g/mol. The fourth-order valence-electron chi connectivity index (χ4n) is 1.93. The van der Waals surface area contributed by atoms with Crippen LogP contribution in [-0.2, 0) is 18.9 Å². The van der Waals surface area contributed by atoms with Crippen molar-refractivity contribution in [3.63, 3.8) is 0 Å². The average molecular weight is 270 g/mol. The molecule has 0 aromatic heterocycles. The molecule has 0 saturated carbocycles. The summed E-state index contributed by atoms with van der Waals surface area (Å²) in [6.45, 7) is 1.94. The lowest BCUT2D eigenvalue weighted by atomic mass is 9.99. The second kappa shape index (κ2) is 5.92. The molecule has 1 rings (SSSR count). The van der Waals surface area contributed by atoms with E-state index < -0.39 is 14.5 Å². The van der Waals surface area contributed by atoms with E-state index in [0.717, 1.165) is 10.8 Å². The summed E-state index contributed by atoms with van der Waals surface area (Å²) in [6, 6.07) is 7.56. The first-order valence-electron chi connectivity index (χ1n) is 5.80. The summed E-state index contributed by atoms with van der Waals surface area (Å²) >= 11 is 0. The predicted molar refractivity (Wildman–Crippen MR) is 73.2 cm³/mol. The molecular weight excluding hydrogens is 248 g/mol. The van der Waals surface area contributed by atoms with E-state index in [-0.39, 0.29) is 0 Å². The molecule has 0 aliphatic rings. The third-order valence-corrected chi connectivity index (χ3v) is 5.86. The van der Waals surface area contributed by atoms with Gasteiger partial charge in [0.25, 0.3) is 0 Å². The molecule has 6 heteroatoms. The van der Waals surface area contributed by atoms with E-state index in [1.807, 2.05) is 31.2 Å². The van der Waals surface area contributed by atoms with Crippen molar-refractivity contribution in [2.75, 3.05) is 21.3 Å². The zero-order valence-electron chi connectivity index (χ0n) is 11.4. The van der Waals surface area contributed by atoms with Crippen LogP contribution in [0, 0.1) is 0 Å². The summed E-state index contributed by atoms with van der Waals surface area (Å²) in [5.74, 6) is 0. The SMILES string of the molecule is CCC(N)(N)c1ccccc1[Si](OC)(OC)OC. The summed E-state index contributed by atoms with van der Waals surface area (Å²) in [6.07, 6.45) is 0.603. The van der Waals surface area contributed by atoms with Crippen LogP contribution in [0.4, 0.5) is 0 Å². The highest BCUT2D eigenvalue weighted by molar-refractivity contribution is 6.75. The van der Waals surface area contributed by atoms with Crippen molar-refractivity contribution in [2.24, 2.45) is 11.5 Å². The van der Waals surface area contributed by atoms with Crippen LogP contribution in [-0.4, -0.2) is 30.1 Å². The standard InChI is InChI=1S/C12H22N2O3Si/c1-5-12(13,14)10-8-6-7-9-11(10)18(15-2,16-3)17-4/h6-9H,5,13-14H2,1-4H3. The Hall–Kier alpha value is -0.763. The Morgan fingerprint density at radius 2 is 1.56 bits per heavy atom. The maximum Gasteiger partial charge on any atom is 0.536 e. The van der Waals surface area contributed by atoms with Gasteiger partial charge in [0.05, 0.1) is 5.66 Å². The van der Waals surface area contributed by atoms with Crippen LogP contribution in [0.1, 0.15) is 18.9 Å². The third-order valence-electron chi connectivity index (χ3n) is 3.15. The van der Waals surface area contributed by atoms with E-state index in [4.69, 9.17) is 24.7 Å². The van der Waals surface area contributed by atoms with Gasteiger partial charge in [0.2, 0.25) is 0 Å². The highest BCUT2D eigenvalue weighted by atomic mass is 28.4. The number of benzene rings is 1. The summed E-state index contributed by atoms with van der Waals surface area (Å²) in [5.41, 5.74) is 12.1. The number of nitrogens with two attached hydrogens (primary N) is 2. The molecule has 102 valence electrons. The summed E-state index contributed by atoms with van der Waals surface area (Å²) in [5, 5.41) is 0.810. The van der Waals surface area contributed by atoms with Crippen molar-refractivity contribution >= 4 is 14.0 Å². The molecule has 0 unspecified atom stereocenters. The molecule has 4 N–H and O–H groups in total. The molecule has 0 radical (unpaired) electrons. The topological polar surface area (TPSA) is 79.7 Å². The maximum absolute atomic E-state index is 6.13. The average Bonchev–Trinajstić information content (AvgIpc) is 2.42. The van der Waals surface area contributed by atoms with Gasteiger partial charge in [-0.05, 0) is 12.0 Å². The van der Waals surface area contributed by atoms with Gasteiger partial charge < -0.3 is 24.7 Å². The van der Waals surface area contributed by atoms with Crippen LogP contribution >= 0.6 is 0 Å². The van der Waals surface area contributed by atoms with E-state index in [1.54, 1.807) is 21.3 Å². The fraction of sp³-hybridized carbons (Fsp3) is 0.500. The molecule has 5 nitrogen and oxygen atoms in total. The van der Waals surface area contributed by atoms with Crippen molar-refractivity contribution in [1.29, 1.82) is 0 Å². The normalized spacial score (nSPS) is 12.8. The Balaban J connectivity index is 3.41. The lowest BCUT2D eigenvalue weighted by molar-refractivity contribution is 0.139. The van der Waals surface area contributed by atoms with Gasteiger partial charge in [-0.25, -0.2) is 0 Å². The van der Waals surface area contributed by atoms with E-state index in [2.05, 4.69) is 0 Å². The molecule has 0 aliphatic heterocycles. The largest absolute Gasteiger partial charge is 0.536 e. The van der Waals surface area contributed by atoms with Gasteiger partial charge in [-0.2, -0.15) is 0 Å². The first kappa shape index (κ1) is 15.3. The van der Waals surface area contributed by atoms with Crippen LogP contribution in [0.15, 0.2) is 24.3 Å². The van der Waals surface area contributed by atoms with Gasteiger partial charge in [0.15, 0.2) is 0 Å². The van der Waals surface area contributed by atoms with Gasteiger partial charge in [-0.1, -0.05) is 31.2 Å². The van der Waals surface area contributed by atoms with Crippen molar-refractivity contribution in [2.45, 2.75) is 19.0 Å². The molecule has 0 spiro atoms. The quantitative estimate of drug-likeness (QED) is 0.572. The Morgan fingerprint density at radius 1 is 1.06 bits per heavy atom. The van der Waals surface area contributed by atoms with E-state index in [9.17, 15) is 0 Å². The van der Waals surface area contributed by atoms with E-state index in [0.29, 0.717) is 6.42 Å². The van der Waals surface area contributed by atoms with Crippen molar-refractivity contribution in [3.05, 3.63) is 29.8 Å². The Labute approximate surface area is 109 Å². The molecule has 1 aromatic rings. The van der Waals surface area contributed by atoms with Gasteiger partial charge >= 0.3 is 8.80 Å². The van der Waals surface area contributed by atoms with Crippen LogP contribution in [0.3, 0.4) is 0 Å². The molecule has 18 heavy (non-hydrogen) atoms. The van der Waals surface area contributed by atoms with Crippen LogP contribution in [0.25, 0.3) is 0 Å². The minimum Gasteiger partial charge on any atom is -0.373 e. The van der Waals surface area contributed by atoms with Crippen LogP contribution in [0.2, 0.25) is 0 Å². The van der Waals surface area contributed by atoms with Gasteiger partial charge in [-0.15, -0.1) is 0 Å². The second-order valence-corrected chi connectivity index (χ2v) is 6.98.